The highest BCUT2D eigenvalue weighted by Gasteiger charge is 2.40. The molecule has 0 fully saturated rings. The van der Waals surface area contributed by atoms with Crippen molar-refractivity contribution < 1.29 is 31.1 Å². The lowest BCUT2D eigenvalue weighted by atomic mass is 10.1. The Morgan fingerprint density at radius 3 is 2.17 bits per heavy atom. The highest BCUT2D eigenvalue weighted by molar-refractivity contribution is 6.17. The van der Waals surface area contributed by atoms with Crippen LogP contribution >= 0.6 is 11.6 Å². The van der Waals surface area contributed by atoms with Gasteiger partial charge in [0.15, 0.2) is 5.75 Å². The van der Waals surface area contributed by atoms with Crippen LogP contribution in [-0.2, 0) is 12.1 Å². The van der Waals surface area contributed by atoms with E-state index in [-0.39, 0.29) is 0 Å². The van der Waals surface area contributed by atoms with Crippen molar-refractivity contribution >= 4 is 11.6 Å². The molecule has 0 unspecified atom stereocenters. The fraction of sp³-hybridized carbons (Fsp3) is 0.375. The molecule has 0 amide bonds. The number of aromatic amines is 1. The van der Waals surface area contributed by atoms with E-state index >= 15 is 0 Å². The lowest BCUT2D eigenvalue weighted by molar-refractivity contribution is -0.275. The summed E-state index contributed by atoms with van der Waals surface area (Å²) in [5.74, 6) is -2.14. The maximum absolute atomic E-state index is 12.5. The number of nitrogens with one attached hydrogen (secondary N) is 1. The molecule has 0 aromatic carbocycles. The molecule has 1 rings (SSSR count). The fourth-order valence-corrected chi connectivity index (χ4v) is 1.46. The standard InChI is InChI=1S/C8H4ClF6NO2/c9-1-3-4(18-8(13,14)15)2-16-6(17)5(3)7(10,11)12/h2H,1H2,(H,16,17). The van der Waals surface area contributed by atoms with Gasteiger partial charge in [-0.1, -0.05) is 0 Å². The summed E-state index contributed by atoms with van der Waals surface area (Å²) < 4.78 is 76.7. The van der Waals surface area contributed by atoms with Crippen LogP contribution in [0.4, 0.5) is 26.3 Å². The van der Waals surface area contributed by atoms with E-state index in [9.17, 15) is 31.1 Å². The molecular formula is C8H4ClF6NO2. The lowest BCUT2D eigenvalue weighted by Crippen LogP contribution is -2.26. The van der Waals surface area contributed by atoms with Crippen molar-refractivity contribution in [2.24, 2.45) is 0 Å². The third-order valence-corrected chi connectivity index (χ3v) is 2.07. The normalized spacial score (nSPS) is 12.6. The van der Waals surface area contributed by atoms with Gasteiger partial charge in [-0.25, -0.2) is 0 Å². The Bertz CT molecular complexity index is 492. The smallest absolute Gasteiger partial charge is 0.404 e. The molecule has 1 N–H and O–H groups in total. The number of alkyl halides is 7. The number of H-pyrrole nitrogens is 1. The number of halogens is 7. The van der Waals surface area contributed by atoms with Crippen molar-refractivity contribution in [2.45, 2.75) is 18.4 Å². The summed E-state index contributed by atoms with van der Waals surface area (Å²) in [7, 11) is 0. The molecule has 1 heterocycles. The molecule has 18 heavy (non-hydrogen) atoms. The van der Waals surface area contributed by atoms with Gasteiger partial charge in [-0.15, -0.1) is 24.8 Å². The average Bonchev–Trinajstić information content (AvgIpc) is 2.16. The van der Waals surface area contributed by atoms with Crippen molar-refractivity contribution in [1.82, 2.24) is 4.98 Å². The van der Waals surface area contributed by atoms with Crippen molar-refractivity contribution in [2.75, 3.05) is 0 Å². The zero-order valence-corrected chi connectivity index (χ0v) is 9.00. The maximum atomic E-state index is 12.5. The summed E-state index contributed by atoms with van der Waals surface area (Å²) in [6.07, 6.45) is -9.95. The second kappa shape index (κ2) is 4.71. The lowest BCUT2D eigenvalue weighted by Gasteiger charge is -2.15. The zero-order valence-electron chi connectivity index (χ0n) is 8.25. The Kier molecular flexibility index (Phi) is 3.84. The SMILES string of the molecule is O=c1[nH]cc(OC(F)(F)F)c(CCl)c1C(F)(F)F. The topological polar surface area (TPSA) is 42.1 Å². The minimum atomic E-state index is -5.19. The molecule has 102 valence electrons. The molecule has 10 heteroatoms. The second-order valence-electron chi connectivity index (χ2n) is 3.01. The molecule has 0 saturated heterocycles. The summed E-state index contributed by atoms with van der Waals surface area (Å²) in [6, 6.07) is 0. The Morgan fingerprint density at radius 1 is 1.22 bits per heavy atom. The summed E-state index contributed by atoms with van der Waals surface area (Å²) >= 11 is 5.14. The van der Waals surface area contributed by atoms with Gasteiger partial charge in [-0.3, -0.25) is 4.79 Å². The number of aromatic nitrogens is 1. The Morgan fingerprint density at radius 2 is 1.78 bits per heavy atom. The molecular weight excluding hydrogens is 292 g/mol. The number of hydrogen-bond donors (Lipinski definition) is 1. The van der Waals surface area contributed by atoms with E-state index in [2.05, 4.69) is 4.74 Å². The van der Waals surface area contributed by atoms with Crippen LogP contribution in [0.3, 0.4) is 0 Å². The van der Waals surface area contributed by atoms with E-state index in [4.69, 9.17) is 11.6 Å². The highest BCUT2D eigenvalue weighted by atomic mass is 35.5. The van der Waals surface area contributed by atoms with Gasteiger partial charge in [0.1, 0.15) is 5.56 Å². The molecule has 0 bridgehead atoms. The van der Waals surface area contributed by atoms with Crippen LogP contribution in [0.1, 0.15) is 11.1 Å². The molecule has 3 nitrogen and oxygen atoms in total. The minimum absolute atomic E-state index is 0.378. The molecule has 0 spiro atoms. The minimum Gasteiger partial charge on any atom is -0.404 e. The van der Waals surface area contributed by atoms with Crippen LogP contribution in [0.15, 0.2) is 11.0 Å². The van der Waals surface area contributed by atoms with Crippen LogP contribution in [-0.4, -0.2) is 11.3 Å². The van der Waals surface area contributed by atoms with Crippen molar-refractivity contribution in [3.05, 3.63) is 27.7 Å². The molecule has 1 aromatic rings. The highest BCUT2D eigenvalue weighted by Crippen LogP contribution is 2.35. The number of hydrogen-bond acceptors (Lipinski definition) is 2. The van der Waals surface area contributed by atoms with E-state index in [1.165, 1.54) is 4.98 Å². The van der Waals surface area contributed by atoms with Gasteiger partial charge >= 0.3 is 12.5 Å². The van der Waals surface area contributed by atoms with Crippen LogP contribution in [0, 0.1) is 0 Å². The molecule has 0 aliphatic heterocycles. The number of pyridine rings is 1. The first-order valence-corrected chi connectivity index (χ1v) is 4.73. The van der Waals surface area contributed by atoms with Crippen LogP contribution in [0.5, 0.6) is 5.75 Å². The van der Waals surface area contributed by atoms with E-state index < -0.39 is 40.9 Å². The van der Waals surface area contributed by atoms with Gasteiger partial charge < -0.3 is 9.72 Å². The number of ether oxygens (including phenoxy) is 1. The first-order valence-electron chi connectivity index (χ1n) is 4.19. The van der Waals surface area contributed by atoms with Crippen molar-refractivity contribution in [1.29, 1.82) is 0 Å². The van der Waals surface area contributed by atoms with Gasteiger partial charge in [0.25, 0.3) is 5.56 Å². The predicted octanol–water partition coefficient (Wildman–Crippen LogP) is 3.03. The van der Waals surface area contributed by atoms with E-state index in [1.54, 1.807) is 0 Å². The Hall–Kier alpha value is -1.38. The van der Waals surface area contributed by atoms with Gasteiger partial charge in [0, 0.05) is 11.8 Å². The molecule has 0 radical (unpaired) electrons. The molecule has 0 aliphatic rings. The average molecular weight is 296 g/mol. The van der Waals surface area contributed by atoms with E-state index in [1.807, 2.05) is 0 Å². The summed E-state index contributed by atoms with van der Waals surface area (Å²) in [5, 5.41) is 0. The van der Waals surface area contributed by atoms with Crippen molar-refractivity contribution in [3.63, 3.8) is 0 Å². The zero-order chi connectivity index (χ0) is 14.1. The summed E-state index contributed by atoms with van der Waals surface area (Å²) in [6.45, 7) is 0. The molecule has 0 aliphatic carbocycles. The van der Waals surface area contributed by atoms with Crippen LogP contribution < -0.4 is 10.3 Å². The second-order valence-corrected chi connectivity index (χ2v) is 3.28. The molecule has 0 atom stereocenters. The van der Waals surface area contributed by atoms with Gasteiger partial charge in [0.2, 0.25) is 0 Å². The van der Waals surface area contributed by atoms with E-state index in [0.29, 0.717) is 6.20 Å². The monoisotopic (exact) mass is 295 g/mol. The van der Waals surface area contributed by atoms with Gasteiger partial charge in [0.05, 0.1) is 5.88 Å². The quantitative estimate of drug-likeness (QED) is 0.673. The molecule has 1 aromatic heterocycles. The predicted molar refractivity (Wildman–Crippen MR) is 48.3 cm³/mol. The molecule has 0 saturated carbocycles. The third kappa shape index (κ3) is 3.31. The largest absolute Gasteiger partial charge is 0.573 e. The van der Waals surface area contributed by atoms with Crippen molar-refractivity contribution in [3.8, 4) is 5.75 Å². The first kappa shape index (κ1) is 14.7. The van der Waals surface area contributed by atoms with Crippen LogP contribution in [0.25, 0.3) is 0 Å². The number of rotatable bonds is 2. The first-order chi connectivity index (χ1) is 8.06. The Labute approximate surface area is 100 Å². The fourth-order valence-electron chi connectivity index (χ4n) is 1.20. The van der Waals surface area contributed by atoms with Crippen LogP contribution in [0.2, 0.25) is 0 Å². The van der Waals surface area contributed by atoms with Gasteiger partial charge in [-0.2, -0.15) is 13.2 Å². The third-order valence-electron chi connectivity index (χ3n) is 1.80. The maximum Gasteiger partial charge on any atom is 0.573 e. The Balaban J connectivity index is 3.44. The summed E-state index contributed by atoms with van der Waals surface area (Å²) in [4.78, 5) is 12.5. The van der Waals surface area contributed by atoms with E-state index in [0.717, 1.165) is 0 Å². The van der Waals surface area contributed by atoms with Gasteiger partial charge in [-0.05, 0) is 0 Å². The summed E-state index contributed by atoms with van der Waals surface area (Å²) in [5.41, 5.74) is -4.46.